The van der Waals surface area contributed by atoms with E-state index in [1.54, 1.807) is 0 Å². The summed E-state index contributed by atoms with van der Waals surface area (Å²) in [4.78, 5) is 0. The molecule has 0 aromatic rings. The predicted octanol–water partition coefficient (Wildman–Crippen LogP) is 2.06. The first-order valence-electron chi connectivity index (χ1n) is 5.36. The van der Waals surface area contributed by atoms with E-state index < -0.39 is 18.7 Å². The molecule has 1 atom stereocenters. The number of alkyl halides is 3. The average Bonchev–Trinajstić information content (AvgIpc) is 2.15. The first kappa shape index (κ1) is 12.8. The number of rotatable bonds is 3. The zero-order valence-corrected chi connectivity index (χ0v) is 8.63. The Morgan fingerprint density at radius 2 is 1.73 bits per heavy atom. The molecule has 0 amide bonds. The molecule has 0 aliphatic heterocycles. The van der Waals surface area contributed by atoms with Crippen molar-refractivity contribution in [3.63, 3.8) is 0 Å². The van der Waals surface area contributed by atoms with E-state index in [9.17, 15) is 13.2 Å². The molecule has 0 unspecified atom stereocenters. The van der Waals surface area contributed by atoms with Crippen molar-refractivity contribution in [1.29, 1.82) is 0 Å². The third-order valence-electron chi connectivity index (χ3n) is 3.19. The number of aliphatic hydroxyl groups is 1. The molecule has 5 heteroatoms. The zero-order chi connectivity index (χ0) is 11.5. The van der Waals surface area contributed by atoms with Gasteiger partial charge in [-0.2, -0.15) is 13.2 Å². The summed E-state index contributed by atoms with van der Waals surface area (Å²) in [5.41, 5.74) is 5.67. The second-order valence-corrected chi connectivity index (χ2v) is 4.44. The fourth-order valence-electron chi connectivity index (χ4n) is 2.14. The quantitative estimate of drug-likeness (QED) is 0.772. The Kier molecular flexibility index (Phi) is 4.40. The molecule has 90 valence electrons. The Balaban J connectivity index is 2.39. The molecule has 0 heterocycles. The van der Waals surface area contributed by atoms with Crippen LogP contribution < -0.4 is 5.73 Å². The van der Waals surface area contributed by atoms with Crippen molar-refractivity contribution in [1.82, 2.24) is 0 Å². The molecule has 15 heavy (non-hydrogen) atoms. The van der Waals surface area contributed by atoms with Crippen molar-refractivity contribution in [2.75, 3.05) is 6.61 Å². The van der Waals surface area contributed by atoms with E-state index in [0.29, 0.717) is 0 Å². The standard InChI is InChI=1S/C10H18F3NO/c11-10(12,13)8(6-15)5-7-1-3-9(14)4-2-7/h7-9,15H,1-6,14H2/t7?,8-,9?/m1/s1. The lowest BCUT2D eigenvalue weighted by Gasteiger charge is -2.29. The minimum Gasteiger partial charge on any atom is -0.396 e. The summed E-state index contributed by atoms with van der Waals surface area (Å²) in [5, 5.41) is 8.70. The van der Waals surface area contributed by atoms with E-state index in [1.807, 2.05) is 0 Å². The minimum absolute atomic E-state index is 0.0483. The van der Waals surface area contributed by atoms with Crippen molar-refractivity contribution in [2.24, 2.45) is 17.6 Å². The van der Waals surface area contributed by atoms with Crippen LogP contribution in [-0.2, 0) is 0 Å². The normalized spacial score (nSPS) is 30.2. The van der Waals surface area contributed by atoms with Crippen LogP contribution in [0.1, 0.15) is 32.1 Å². The topological polar surface area (TPSA) is 46.2 Å². The Morgan fingerprint density at radius 1 is 1.20 bits per heavy atom. The Hall–Kier alpha value is -0.290. The van der Waals surface area contributed by atoms with E-state index in [-0.39, 0.29) is 18.4 Å². The second kappa shape index (κ2) is 5.16. The van der Waals surface area contributed by atoms with Gasteiger partial charge in [0.15, 0.2) is 0 Å². The molecule has 0 saturated heterocycles. The fraction of sp³-hybridized carbons (Fsp3) is 1.00. The van der Waals surface area contributed by atoms with E-state index in [2.05, 4.69) is 0 Å². The summed E-state index contributed by atoms with van der Waals surface area (Å²) >= 11 is 0. The van der Waals surface area contributed by atoms with Crippen LogP contribution in [0.4, 0.5) is 13.2 Å². The number of hydrogen-bond acceptors (Lipinski definition) is 2. The summed E-state index contributed by atoms with van der Waals surface area (Å²) in [6.45, 7) is -0.800. The highest BCUT2D eigenvalue weighted by Gasteiger charge is 2.40. The van der Waals surface area contributed by atoms with Crippen molar-refractivity contribution in [3.05, 3.63) is 0 Å². The fourth-order valence-corrected chi connectivity index (χ4v) is 2.14. The van der Waals surface area contributed by atoms with Crippen LogP contribution in [0.5, 0.6) is 0 Å². The number of halogens is 3. The monoisotopic (exact) mass is 225 g/mol. The van der Waals surface area contributed by atoms with Gasteiger partial charge < -0.3 is 10.8 Å². The van der Waals surface area contributed by atoms with Gasteiger partial charge in [-0.15, -0.1) is 0 Å². The number of aliphatic hydroxyl groups excluding tert-OH is 1. The molecule has 1 rings (SSSR count). The summed E-state index contributed by atoms with van der Waals surface area (Å²) in [6, 6.07) is 0.153. The van der Waals surface area contributed by atoms with Crippen LogP contribution in [0.3, 0.4) is 0 Å². The smallest absolute Gasteiger partial charge is 0.394 e. The molecule has 0 bridgehead atoms. The molecular formula is C10H18F3NO. The molecule has 2 nitrogen and oxygen atoms in total. The Labute approximate surface area is 87.6 Å². The Morgan fingerprint density at radius 3 is 2.13 bits per heavy atom. The summed E-state index contributed by atoms with van der Waals surface area (Å²) in [6.07, 6.45) is -1.09. The maximum atomic E-state index is 12.4. The van der Waals surface area contributed by atoms with Gasteiger partial charge in [-0.3, -0.25) is 0 Å². The second-order valence-electron chi connectivity index (χ2n) is 4.44. The summed E-state index contributed by atoms with van der Waals surface area (Å²) in [7, 11) is 0. The zero-order valence-electron chi connectivity index (χ0n) is 8.63. The lowest BCUT2D eigenvalue weighted by Crippen LogP contribution is -2.32. The highest BCUT2D eigenvalue weighted by atomic mass is 19.4. The SMILES string of the molecule is NC1CCC(C[C@H](CO)C(F)(F)F)CC1. The van der Waals surface area contributed by atoms with E-state index in [4.69, 9.17) is 10.8 Å². The minimum atomic E-state index is -4.27. The molecule has 1 aliphatic carbocycles. The molecule has 1 saturated carbocycles. The van der Waals surface area contributed by atoms with E-state index in [0.717, 1.165) is 25.7 Å². The van der Waals surface area contributed by atoms with Crippen molar-refractivity contribution in [2.45, 2.75) is 44.3 Å². The van der Waals surface area contributed by atoms with Crippen LogP contribution in [-0.4, -0.2) is 23.9 Å². The molecule has 3 N–H and O–H groups in total. The third-order valence-corrected chi connectivity index (χ3v) is 3.19. The van der Waals surface area contributed by atoms with Gasteiger partial charge >= 0.3 is 6.18 Å². The lowest BCUT2D eigenvalue weighted by molar-refractivity contribution is -0.189. The van der Waals surface area contributed by atoms with Gasteiger partial charge in [0, 0.05) is 6.04 Å². The molecule has 1 fully saturated rings. The summed E-state index contributed by atoms with van der Waals surface area (Å²) in [5.74, 6) is -1.49. The first-order chi connectivity index (χ1) is 6.93. The predicted molar refractivity (Wildman–Crippen MR) is 51.2 cm³/mol. The average molecular weight is 225 g/mol. The van der Waals surface area contributed by atoms with E-state index >= 15 is 0 Å². The van der Waals surface area contributed by atoms with Gasteiger partial charge in [0.1, 0.15) is 0 Å². The number of hydrogen-bond donors (Lipinski definition) is 2. The molecule has 0 spiro atoms. The largest absolute Gasteiger partial charge is 0.396 e. The van der Waals surface area contributed by atoms with Crippen molar-refractivity contribution >= 4 is 0 Å². The molecule has 0 aromatic carbocycles. The van der Waals surface area contributed by atoms with Crippen molar-refractivity contribution < 1.29 is 18.3 Å². The molecule has 1 aliphatic rings. The summed E-state index contributed by atoms with van der Waals surface area (Å²) < 4.78 is 37.1. The van der Waals surface area contributed by atoms with E-state index in [1.165, 1.54) is 0 Å². The lowest BCUT2D eigenvalue weighted by atomic mass is 9.81. The van der Waals surface area contributed by atoms with Gasteiger partial charge in [0.05, 0.1) is 12.5 Å². The van der Waals surface area contributed by atoms with Gasteiger partial charge in [0.25, 0.3) is 0 Å². The highest BCUT2D eigenvalue weighted by molar-refractivity contribution is 4.78. The van der Waals surface area contributed by atoms with Crippen LogP contribution in [0.2, 0.25) is 0 Å². The maximum absolute atomic E-state index is 12.4. The molecule has 0 radical (unpaired) electrons. The van der Waals surface area contributed by atoms with Crippen LogP contribution in [0.25, 0.3) is 0 Å². The van der Waals surface area contributed by atoms with Gasteiger partial charge in [-0.05, 0) is 38.0 Å². The third kappa shape index (κ3) is 3.99. The van der Waals surface area contributed by atoms with Gasteiger partial charge in [0.2, 0.25) is 0 Å². The molecule has 0 aromatic heterocycles. The van der Waals surface area contributed by atoms with Gasteiger partial charge in [-0.1, -0.05) is 0 Å². The van der Waals surface area contributed by atoms with Crippen LogP contribution in [0, 0.1) is 11.8 Å². The molecular weight excluding hydrogens is 207 g/mol. The maximum Gasteiger partial charge on any atom is 0.394 e. The van der Waals surface area contributed by atoms with Crippen molar-refractivity contribution in [3.8, 4) is 0 Å². The van der Waals surface area contributed by atoms with Crippen LogP contribution >= 0.6 is 0 Å². The number of nitrogens with two attached hydrogens (primary N) is 1. The first-order valence-corrected chi connectivity index (χ1v) is 5.36. The highest BCUT2D eigenvalue weighted by Crippen LogP contribution is 2.35. The van der Waals surface area contributed by atoms with Gasteiger partial charge in [-0.25, -0.2) is 0 Å². The van der Waals surface area contributed by atoms with Crippen LogP contribution in [0.15, 0.2) is 0 Å². The Bertz CT molecular complexity index is 188.